The molecular formula is C74H47N3. The summed E-state index contributed by atoms with van der Waals surface area (Å²) in [5, 5.41) is 4.78. The van der Waals surface area contributed by atoms with Crippen LogP contribution in [0.4, 0.5) is 17.1 Å². The van der Waals surface area contributed by atoms with Gasteiger partial charge in [-0.25, -0.2) is 9.97 Å². The van der Waals surface area contributed by atoms with Crippen molar-refractivity contribution in [3.05, 3.63) is 330 Å². The number of rotatable bonds is 5. The largest absolute Gasteiger partial charge is 0.310 e. The Morgan fingerprint density at radius 2 is 0.740 bits per heavy atom. The van der Waals surface area contributed by atoms with Crippen molar-refractivity contribution in [2.24, 2.45) is 0 Å². The summed E-state index contributed by atoms with van der Waals surface area (Å²) in [4.78, 5) is 13.2. The second-order valence-corrected chi connectivity index (χ2v) is 20.7. The molecule has 77 heavy (non-hydrogen) atoms. The highest BCUT2D eigenvalue weighted by Crippen LogP contribution is 2.68. The zero-order chi connectivity index (χ0) is 50.7. The molecular weight excluding hydrogens is 931 g/mol. The van der Waals surface area contributed by atoms with Crippen molar-refractivity contribution in [2.75, 3.05) is 4.90 Å². The standard InChI is InChI=1S/C74H47N3/c1-3-22-48(23-4-1)72-75-68(47-69(76-72)59-45-51-24-7-8-29-54(51)55-30-9-10-31-56(55)59)52-26-21-25-49(44-52)50-42-43-71-67(46-50)74(66-40-19-20-41-70(66)77(71)53-27-5-2-6-28-53)64-38-17-15-36-62(64)73(63-37-16-18-39-65(63)74)60-34-13-11-32-57(60)58-33-12-14-35-61(58)73/h1-47H. The Balaban J connectivity index is 0.943. The van der Waals surface area contributed by atoms with Crippen LogP contribution < -0.4 is 4.90 Å². The van der Waals surface area contributed by atoms with E-state index < -0.39 is 10.8 Å². The summed E-state index contributed by atoms with van der Waals surface area (Å²) in [6.45, 7) is 0. The van der Waals surface area contributed by atoms with E-state index in [1.54, 1.807) is 0 Å². The van der Waals surface area contributed by atoms with Crippen LogP contribution in [0.2, 0.25) is 0 Å². The summed E-state index contributed by atoms with van der Waals surface area (Å²) in [6.07, 6.45) is 0. The van der Waals surface area contributed by atoms with E-state index in [4.69, 9.17) is 9.97 Å². The molecule has 0 amide bonds. The van der Waals surface area contributed by atoms with Gasteiger partial charge in [0.25, 0.3) is 0 Å². The van der Waals surface area contributed by atoms with Gasteiger partial charge in [0.2, 0.25) is 0 Å². The Bertz CT molecular complexity index is 4440. The van der Waals surface area contributed by atoms with Crippen molar-refractivity contribution < 1.29 is 0 Å². The van der Waals surface area contributed by atoms with E-state index in [-0.39, 0.29) is 0 Å². The number of hydrogen-bond acceptors (Lipinski definition) is 3. The third-order valence-electron chi connectivity index (χ3n) is 16.9. The first-order chi connectivity index (χ1) is 38.2. The molecule has 2 heterocycles. The lowest BCUT2D eigenvalue weighted by Crippen LogP contribution is -2.47. The highest BCUT2D eigenvalue weighted by Gasteiger charge is 2.59. The topological polar surface area (TPSA) is 29.0 Å². The van der Waals surface area contributed by atoms with Crippen molar-refractivity contribution in [2.45, 2.75) is 10.8 Å². The van der Waals surface area contributed by atoms with Gasteiger partial charge in [0.05, 0.1) is 33.6 Å². The zero-order valence-electron chi connectivity index (χ0n) is 42.0. The Morgan fingerprint density at radius 3 is 1.43 bits per heavy atom. The molecule has 0 fully saturated rings. The Morgan fingerprint density at radius 1 is 0.260 bits per heavy atom. The minimum atomic E-state index is -0.718. The lowest BCUT2D eigenvalue weighted by atomic mass is 9.50. The summed E-state index contributed by atoms with van der Waals surface area (Å²) in [7, 11) is 0. The summed E-state index contributed by atoms with van der Waals surface area (Å²) in [5.41, 5.74) is 22.2. The average molecular weight is 978 g/mol. The molecule has 0 bridgehead atoms. The molecule has 13 aromatic rings. The highest BCUT2D eigenvalue weighted by atomic mass is 15.2. The van der Waals surface area contributed by atoms with Crippen molar-refractivity contribution >= 4 is 38.6 Å². The summed E-state index contributed by atoms with van der Waals surface area (Å²) < 4.78 is 0. The van der Waals surface area contributed by atoms with Gasteiger partial charge in [0, 0.05) is 22.4 Å². The number of hydrogen-bond donors (Lipinski definition) is 0. The van der Waals surface area contributed by atoms with Gasteiger partial charge in [-0.15, -0.1) is 0 Å². The predicted molar refractivity (Wildman–Crippen MR) is 316 cm³/mol. The smallest absolute Gasteiger partial charge is 0.160 e. The Kier molecular flexibility index (Phi) is 9.47. The summed E-state index contributed by atoms with van der Waals surface area (Å²) in [5.74, 6) is 0.691. The molecule has 3 heteroatoms. The molecule has 0 saturated carbocycles. The quantitative estimate of drug-likeness (QED) is 0.161. The van der Waals surface area contributed by atoms with Gasteiger partial charge in [0.1, 0.15) is 0 Å². The SMILES string of the molecule is c1ccc(-c2nc(-c3cccc(-c4ccc5c(c4)C4(c6ccccc6N5c5ccccc5)c5ccccc5C5(c6ccccc6-c6ccccc65)c5ccccc54)c3)cc(-c3cc4ccccc4c4ccccc34)n2)cc1. The van der Waals surface area contributed by atoms with E-state index in [1.807, 2.05) is 6.07 Å². The molecule has 1 aliphatic heterocycles. The van der Waals surface area contributed by atoms with Gasteiger partial charge in [0.15, 0.2) is 5.82 Å². The number of fused-ring (bicyclic) bond motifs is 18. The van der Waals surface area contributed by atoms with Crippen LogP contribution >= 0.6 is 0 Å². The average Bonchev–Trinajstić information content (AvgIpc) is 4.02. The fraction of sp³-hybridized carbons (Fsp3) is 0.0270. The van der Waals surface area contributed by atoms with Crippen LogP contribution in [-0.2, 0) is 10.8 Å². The molecule has 0 atom stereocenters. The van der Waals surface area contributed by atoms with Crippen LogP contribution in [0.1, 0.15) is 44.5 Å². The fourth-order valence-corrected chi connectivity index (χ4v) is 13.9. The molecule has 1 aromatic heterocycles. The van der Waals surface area contributed by atoms with Crippen molar-refractivity contribution in [3.8, 4) is 56.2 Å². The molecule has 3 nitrogen and oxygen atoms in total. The first-order valence-corrected chi connectivity index (χ1v) is 26.6. The van der Waals surface area contributed by atoms with E-state index in [0.717, 1.165) is 56.0 Å². The minimum Gasteiger partial charge on any atom is -0.310 e. The Labute approximate surface area is 447 Å². The van der Waals surface area contributed by atoms with Crippen LogP contribution in [0, 0.1) is 0 Å². The highest BCUT2D eigenvalue weighted by molar-refractivity contribution is 6.13. The fourth-order valence-electron chi connectivity index (χ4n) is 13.9. The predicted octanol–water partition coefficient (Wildman–Crippen LogP) is 18.3. The van der Waals surface area contributed by atoms with Crippen molar-refractivity contribution in [3.63, 3.8) is 0 Å². The third kappa shape index (κ3) is 6.14. The van der Waals surface area contributed by atoms with Gasteiger partial charge < -0.3 is 4.90 Å². The molecule has 0 saturated heterocycles. The second-order valence-electron chi connectivity index (χ2n) is 20.7. The van der Waals surface area contributed by atoms with E-state index in [0.29, 0.717) is 5.82 Å². The van der Waals surface area contributed by atoms with E-state index >= 15 is 0 Å². The summed E-state index contributed by atoms with van der Waals surface area (Å²) >= 11 is 0. The number of benzene rings is 12. The van der Waals surface area contributed by atoms with Crippen LogP contribution in [0.5, 0.6) is 0 Å². The lowest BCUT2D eigenvalue weighted by Gasteiger charge is -2.53. The number of aromatic nitrogens is 2. The Hall–Kier alpha value is -9.96. The number of anilines is 3. The molecule has 0 unspecified atom stereocenters. The van der Waals surface area contributed by atoms with E-state index in [1.165, 1.54) is 77.5 Å². The van der Waals surface area contributed by atoms with E-state index in [9.17, 15) is 0 Å². The monoisotopic (exact) mass is 977 g/mol. The van der Waals surface area contributed by atoms with Crippen LogP contribution in [0.15, 0.2) is 285 Å². The van der Waals surface area contributed by atoms with Gasteiger partial charge in [-0.3, -0.25) is 0 Å². The molecule has 16 rings (SSSR count). The summed E-state index contributed by atoms with van der Waals surface area (Å²) in [6, 6.07) is 105. The molecule has 0 radical (unpaired) electrons. The maximum absolute atomic E-state index is 5.38. The van der Waals surface area contributed by atoms with Crippen LogP contribution in [-0.4, -0.2) is 9.97 Å². The molecule has 3 aliphatic rings. The lowest BCUT2D eigenvalue weighted by molar-refractivity contribution is 0.619. The zero-order valence-corrected chi connectivity index (χ0v) is 42.0. The van der Waals surface area contributed by atoms with Crippen molar-refractivity contribution in [1.82, 2.24) is 9.97 Å². The molecule has 2 spiro atoms. The van der Waals surface area contributed by atoms with Gasteiger partial charge in [-0.05, 0) is 137 Å². The molecule has 358 valence electrons. The number of nitrogens with zero attached hydrogens (tertiary/aromatic N) is 3. The minimum absolute atomic E-state index is 0.544. The molecule has 2 aliphatic carbocycles. The normalized spacial score (nSPS) is 13.9. The maximum atomic E-state index is 5.38. The second kappa shape index (κ2) is 16.8. The molecule has 12 aromatic carbocycles. The maximum Gasteiger partial charge on any atom is 0.160 e. The van der Waals surface area contributed by atoms with E-state index in [2.05, 4.69) is 284 Å². The first kappa shape index (κ1) is 43.4. The van der Waals surface area contributed by atoms with Crippen LogP contribution in [0.3, 0.4) is 0 Å². The first-order valence-electron chi connectivity index (χ1n) is 26.6. The number of para-hydroxylation sites is 2. The van der Waals surface area contributed by atoms with Gasteiger partial charge in [-0.2, -0.15) is 0 Å². The van der Waals surface area contributed by atoms with Gasteiger partial charge >= 0.3 is 0 Å². The third-order valence-corrected chi connectivity index (χ3v) is 16.9. The molecule has 0 N–H and O–H groups in total. The van der Waals surface area contributed by atoms with Crippen LogP contribution in [0.25, 0.3) is 77.7 Å². The van der Waals surface area contributed by atoms with Crippen molar-refractivity contribution in [1.29, 1.82) is 0 Å². The van der Waals surface area contributed by atoms with Gasteiger partial charge in [-0.1, -0.05) is 237 Å².